The van der Waals surface area contributed by atoms with Crippen LogP contribution in [0, 0.1) is 35.5 Å². The summed E-state index contributed by atoms with van der Waals surface area (Å²) >= 11 is 0. The van der Waals surface area contributed by atoms with Crippen molar-refractivity contribution in [3.05, 3.63) is 48.0 Å². The Bertz CT molecular complexity index is 760. The van der Waals surface area contributed by atoms with Crippen LogP contribution >= 0.6 is 0 Å². The maximum Gasteiger partial charge on any atom is 0.408 e. The summed E-state index contributed by atoms with van der Waals surface area (Å²) in [5.41, 5.74) is -0.293. The van der Waals surface area contributed by atoms with Gasteiger partial charge < -0.3 is 15.2 Å². The Morgan fingerprint density at radius 2 is 1.88 bits per heavy atom. The molecule has 0 spiro atoms. The van der Waals surface area contributed by atoms with Crippen LogP contribution in [0.25, 0.3) is 0 Å². The van der Waals surface area contributed by atoms with Crippen molar-refractivity contribution in [3.8, 4) is 0 Å². The van der Waals surface area contributed by atoms with Gasteiger partial charge in [-0.05, 0) is 48.0 Å². The number of alkyl carbamates (subject to hydrolysis) is 1. The van der Waals surface area contributed by atoms with Crippen molar-refractivity contribution in [2.75, 3.05) is 0 Å². The number of aliphatic carboxylic acids is 1. The minimum Gasteiger partial charge on any atom is -0.479 e. The summed E-state index contributed by atoms with van der Waals surface area (Å²) in [5.74, 6) is 1.27. The summed E-state index contributed by atoms with van der Waals surface area (Å²) in [7, 11) is 0. The van der Waals surface area contributed by atoms with E-state index in [1.807, 2.05) is 30.3 Å². The van der Waals surface area contributed by atoms with Gasteiger partial charge in [0.25, 0.3) is 0 Å². The molecule has 0 aliphatic heterocycles. The van der Waals surface area contributed by atoms with Crippen molar-refractivity contribution in [1.29, 1.82) is 0 Å². The van der Waals surface area contributed by atoms with E-state index in [2.05, 4.69) is 17.5 Å². The maximum atomic E-state index is 12.4. The number of hydrogen-bond donors (Lipinski definition) is 2. The standard InChI is InChI=1S/C20H21NO4/c22-18(23)20(21-19(24)25-10-11-4-2-1-3-5-11)9-16-12-6-7-13-14(12)8-15(16)17(13)20/h1-7,12-17H,8-10H2,(H,21,24)(H,22,23). The number of carbonyl (C=O) groups excluding carboxylic acids is 1. The fraction of sp³-hybridized carbons (Fsp3) is 0.500. The number of fused-ring (bicyclic) bond motifs is 2. The number of rotatable bonds is 4. The normalized spacial score (nSPS) is 41.9. The monoisotopic (exact) mass is 339 g/mol. The summed E-state index contributed by atoms with van der Waals surface area (Å²) in [6.45, 7) is 0.147. The van der Waals surface area contributed by atoms with Crippen LogP contribution in [0.1, 0.15) is 18.4 Å². The number of allylic oxidation sites excluding steroid dienone is 2. The fourth-order valence-electron chi connectivity index (χ4n) is 6.28. The zero-order chi connectivity index (χ0) is 17.2. The molecular formula is C20H21NO4. The Balaban J connectivity index is 1.35. The van der Waals surface area contributed by atoms with Gasteiger partial charge in [-0.15, -0.1) is 0 Å². The number of ether oxygens (including phenoxy) is 1. The van der Waals surface area contributed by atoms with E-state index >= 15 is 0 Å². The Labute approximate surface area is 146 Å². The SMILES string of the molecule is O=C(NC1(C(=O)O)CC2C3C=CC4C3CC2C41)OCc1ccccc1. The molecule has 1 aromatic carbocycles. The molecule has 2 N–H and O–H groups in total. The van der Waals surface area contributed by atoms with E-state index in [9.17, 15) is 14.7 Å². The number of benzene rings is 1. The third-order valence-electron chi connectivity index (χ3n) is 7.06. The molecule has 1 aromatic rings. The van der Waals surface area contributed by atoms with E-state index in [1.54, 1.807) is 0 Å². The number of carbonyl (C=O) groups is 2. The van der Waals surface area contributed by atoms with Crippen LogP contribution in [0.15, 0.2) is 42.5 Å². The molecule has 4 aliphatic carbocycles. The van der Waals surface area contributed by atoms with E-state index in [1.165, 1.54) is 0 Å². The zero-order valence-corrected chi connectivity index (χ0v) is 13.8. The highest BCUT2D eigenvalue weighted by Crippen LogP contribution is 2.70. The second-order valence-corrected chi connectivity index (χ2v) is 7.96. The molecule has 3 fully saturated rings. The predicted molar refractivity (Wildman–Crippen MR) is 89.4 cm³/mol. The van der Waals surface area contributed by atoms with E-state index in [0.29, 0.717) is 36.0 Å². The van der Waals surface area contributed by atoms with Gasteiger partial charge in [-0.1, -0.05) is 42.5 Å². The summed E-state index contributed by atoms with van der Waals surface area (Å²) in [6.07, 6.45) is 5.50. The third-order valence-corrected chi connectivity index (χ3v) is 7.06. The summed E-state index contributed by atoms with van der Waals surface area (Å²) in [5, 5.41) is 12.8. The van der Waals surface area contributed by atoms with E-state index in [-0.39, 0.29) is 12.5 Å². The minimum absolute atomic E-state index is 0.000671. The van der Waals surface area contributed by atoms with Crippen molar-refractivity contribution >= 4 is 12.1 Å². The average Bonchev–Trinajstić information content (AvgIpc) is 3.25. The first-order valence-corrected chi connectivity index (χ1v) is 9.01. The van der Waals surface area contributed by atoms with Gasteiger partial charge in [0, 0.05) is 5.92 Å². The quantitative estimate of drug-likeness (QED) is 0.827. The zero-order valence-electron chi connectivity index (χ0n) is 13.8. The van der Waals surface area contributed by atoms with Crippen molar-refractivity contribution < 1.29 is 19.4 Å². The van der Waals surface area contributed by atoms with Crippen LogP contribution in [0.3, 0.4) is 0 Å². The largest absolute Gasteiger partial charge is 0.479 e. The third kappa shape index (κ3) is 1.95. The molecular weight excluding hydrogens is 318 g/mol. The molecule has 7 unspecified atom stereocenters. The maximum absolute atomic E-state index is 12.4. The topological polar surface area (TPSA) is 75.6 Å². The van der Waals surface area contributed by atoms with E-state index < -0.39 is 17.6 Å². The molecule has 25 heavy (non-hydrogen) atoms. The van der Waals surface area contributed by atoms with Crippen molar-refractivity contribution in [3.63, 3.8) is 0 Å². The van der Waals surface area contributed by atoms with E-state index in [4.69, 9.17) is 4.74 Å². The first-order chi connectivity index (χ1) is 12.1. The summed E-state index contributed by atoms with van der Waals surface area (Å²) in [4.78, 5) is 24.6. The Kier molecular flexibility index (Phi) is 3.06. The van der Waals surface area contributed by atoms with Crippen molar-refractivity contribution in [1.82, 2.24) is 5.32 Å². The van der Waals surface area contributed by atoms with Crippen LogP contribution < -0.4 is 5.32 Å². The molecule has 2 bridgehead atoms. The van der Waals surface area contributed by atoms with Gasteiger partial charge in [-0.2, -0.15) is 0 Å². The molecule has 130 valence electrons. The van der Waals surface area contributed by atoms with Crippen LogP contribution in [-0.2, 0) is 16.1 Å². The van der Waals surface area contributed by atoms with Gasteiger partial charge in [-0.3, -0.25) is 0 Å². The highest BCUT2D eigenvalue weighted by molar-refractivity contribution is 5.86. The van der Waals surface area contributed by atoms with Gasteiger partial charge in [0.2, 0.25) is 0 Å². The number of hydrogen-bond acceptors (Lipinski definition) is 3. The average molecular weight is 339 g/mol. The minimum atomic E-state index is -1.18. The lowest BCUT2D eigenvalue weighted by Gasteiger charge is -2.34. The smallest absolute Gasteiger partial charge is 0.408 e. The Morgan fingerprint density at radius 3 is 2.64 bits per heavy atom. The van der Waals surface area contributed by atoms with Gasteiger partial charge in [0.1, 0.15) is 12.1 Å². The summed E-state index contributed by atoms with van der Waals surface area (Å²) in [6, 6.07) is 9.41. The summed E-state index contributed by atoms with van der Waals surface area (Å²) < 4.78 is 5.31. The molecule has 0 radical (unpaired) electrons. The molecule has 4 aliphatic rings. The first kappa shape index (κ1) is 15.0. The number of carboxylic acid groups (broad SMARTS) is 1. The number of carboxylic acids is 1. The van der Waals surface area contributed by atoms with Crippen molar-refractivity contribution in [2.24, 2.45) is 35.5 Å². The lowest BCUT2D eigenvalue weighted by molar-refractivity contribution is -0.147. The number of nitrogens with one attached hydrogen (secondary N) is 1. The lowest BCUT2D eigenvalue weighted by Crippen LogP contribution is -2.58. The molecule has 5 nitrogen and oxygen atoms in total. The second-order valence-electron chi connectivity index (χ2n) is 7.96. The van der Waals surface area contributed by atoms with Crippen LogP contribution in [0.2, 0.25) is 0 Å². The van der Waals surface area contributed by atoms with Crippen LogP contribution in [0.5, 0.6) is 0 Å². The van der Waals surface area contributed by atoms with E-state index in [0.717, 1.165) is 12.0 Å². The Morgan fingerprint density at radius 1 is 1.12 bits per heavy atom. The van der Waals surface area contributed by atoms with Gasteiger partial charge in [0.15, 0.2) is 0 Å². The molecule has 5 heteroatoms. The Hall–Kier alpha value is -2.30. The van der Waals surface area contributed by atoms with Crippen LogP contribution in [0.4, 0.5) is 4.79 Å². The molecule has 3 saturated carbocycles. The second kappa shape index (κ2) is 5.10. The van der Waals surface area contributed by atoms with Crippen molar-refractivity contribution in [2.45, 2.75) is 25.0 Å². The lowest BCUT2D eigenvalue weighted by atomic mass is 9.75. The molecule has 7 atom stereocenters. The molecule has 1 amide bonds. The van der Waals surface area contributed by atoms with Gasteiger partial charge >= 0.3 is 12.1 Å². The van der Waals surface area contributed by atoms with Gasteiger partial charge in [0.05, 0.1) is 0 Å². The highest BCUT2D eigenvalue weighted by atomic mass is 16.5. The fourth-order valence-corrected chi connectivity index (χ4v) is 6.28. The molecule has 0 saturated heterocycles. The molecule has 0 aromatic heterocycles. The predicted octanol–water partition coefficient (Wildman–Crippen LogP) is 2.82. The van der Waals surface area contributed by atoms with Crippen LogP contribution in [-0.4, -0.2) is 22.7 Å². The first-order valence-electron chi connectivity index (χ1n) is 9.01. The molecule has 0 heterocycles. The highest BCUT2D eigenvalue weighted by Gasteiger charge is 2.72. The molecule has 5 rings (SSSR count). The number of amides is 1. The van der Waals surface area contributed by atoms with Gasteiger partial charge in [-0.25, -0.2) is 9.59 Å².